The Morgan fingerprint density at radius 3 is 2.40 bits per heavy atom. The second kappa shape index (κ2) is 5.76. The third-order valence-electron chi connectivity index (χ3n) is 1.82. The molecule has 0 aromatic rings. The van der Waals surface area contributed by atoms with Gasteiger partial charge in [-0.2, -0.15) is 13.2 Å². The standard InChI is InChI=1S/C7H14F3N3O2/c1-2-4(6(11)13-15)12-3-5(14)7(8,9)10/h4-5,12,14-15H,2-3H2,1H3,(H2,11,13). The van der Waals surface area contributed by atoms with Crippen LogP contribution in [-0.2, 0) is 0 Å². The van der Waals surface area contributed by atoms with Gasteiger partial charge in [0.1, 0.15) is 0 Å². The Balaban J connectivity index is 4.13. The second-order valence-electron chi connectivity index (χ2n) is 2.95. The third-order valence-corrected chi connectivity index (χ3v) is 1.82. The minimum absolute atomic E-state index is 0.216. The highest BCUT2D eigenvalue weighted by atomic mass is 19.4. The molecule has 0 saturated heterocycles. The van der Waals surface area contributed by atoms with E-state index in [2.05, 4.69) is 10.5 Å². The number of nitrogens with zero attached hydrogens (tertiary/aromatic N) is 1. The van der Waals surface area contributed by atoms with Crippen LogP contribution in [0.15, 0.2) is 5.16 Å². The van der Waals surface area contributed by atoms with Gasteiger partial charge in [-0.25, -0.2) is 0 Å². The molecule has 0 rings (SSSR count). The van der Waals surface area contributed by atoms with Crippen LogP contribution in [0.1, 0.15) is 13.3 Å². The van der Waals surface area contributed by atoms with Gasteiger partial charge in [-0.1, -0.05) is 12.1 Å². The van der Waals surface area contributed by atoms with Gasteiger partial charge in [0.05, 0.1) is 6.04 Å². The Hall–Kier alpha value is -1.02. The molecule has 0 saturated carbocycles. The van der Waals surface area contributed by atoms with Gasteiger partial charge in [-0.15, -0.1) is 0 Å². The molecule has 2 unspecified atom stereocenters. The van der Waals surface area contributed by atoms with Crippen LogP contribution in [0.4, 0.5) is 13.2 Å². The highest BCUT2D eigenvalue weighted by Gasteiger charge is 2.38. The number of hydrogen-bond donors (Lipinski definition) is 4. The van der Waals surface area contributed by atoms with Crippen LogP contribution < -0.4 is 11.1 Å². The number of oxime groups is 1. The van der Waals surface area contributed by atoms with E-state index < -0.39 is 24.9 Å². The monoisotopic (exact) mass is 229 g/mol. The third kappa shape index (κ3) is 4.84. The number of aliphatic hydroxyl groups excluding tert-OH is 1. The Morgan fingerprint density at radius 2 is 2.07 bits per heavy atom. The predicted molar refractivity (Wildman–Crippen MR) is 47.6 cm³/mol. The predicted octanol–water partition coefficient (Wildman–Crippen LogP) is 0.0242. The van der Waals surface area contributed by atoms with E-state index in [1.165, 1.54) is 0 Å². The van der Waals surface area contributed by atoms with Crippen molar-refractivity contribution in [1.29, 1.82) is 0 Å². The van der Waals surface area contributed by atoms with Crippen LogP contribution in [-0.4, -0.2) is 41.0 Å². The molecule has 0 aliphatic carbocycles. The molecular formula is C7H14F3N3O2. The first-order chi connectivity index (χ1) is 6.82. The SMILES string of the molecule is CCC(NCC(O)C(F)(F)F)C(N)=NO. The van der Waals surface area contributed by atoms with Crippen LogP contribution in [0.25, 0.3) is 0 Å². The van der Waals surface area contributed by atoms with Crippen molar-refractivity contribution in [1.82, 2.24) is 5.32 Å². The Labute approximate surface area is 84.8 Å². The summed E-state index contributed by atoms with van der Waals surface area (Å²) in [5, 5.41) is 22.0. The van der Waals surface area contributed by atoms with Gasteiger partial charge < -0.3 is 21.4 Å². The van der Waals surface area contributed by atoms with E-state index in [1.54, 1.807) is 6.92 Å². The fraction of sp³-hybridized carbons (Fsp3) is 0.857. The van der Waals surface area contributed by atoms with Gasteiger partial charge in [-0.05, 0) is 6.42 Å². The molecule has 0 spiro atoms. The van der Waals surface area contributed by atoms with Crippen molar-refractivity contribution in [3.8, 4) is 0 Å². The summed E-state index contributed by atoms with van der Waals surface area (Å²) in [5.74, 6) is -0.216. The maximum atomic E-state index is 11.9. The lowest BCUT2D eigenvalue weighted by Crippen LogP contribution is -2.47. The van der Waals surface area contributed by atoms with Gasteiger partial charge in [-0.3, -0.25) is 0 Å². The summed E-state index contributed by atoms with van der Waals surface area (Å²) in [4.78, 5) is 0. The molecule has 0 amide bonds. The normalized spacial score (nSPS) is 17.5. The maximum Gasteiger partial charge on any atom is 0.415 e. The number of aliphatic hydroxyl groups is 1. The number of nitrogens with two attached hydrogens (primary N) is 1. The van der Waals surface area contributed by atoms with E-state index >= 15 is 0 Å². The minimum atomic E-state index is -4.67. The van der Waals surface area contributed by atoms with E-state index in [0.29, 0.717) is 6.42 Å². The molecule has 0 heterocycles. The zero-order chi connectivity index (χ0) is 12.1. The first-order valence-corrected chi connectivity index (χ1v) is 4.28. The highest BCUT2D eigenvalue weighted by molar-refractivity contribution is 5.85. The van der Waals surface area contributed by atoms with Crippen LogP contribution >= 0.6 is 0 Å². The average Bonchev–Trinajstić information content (AvgIpc) is 2.16. The molecule has 15 heavy (non-hydrogen) atoms. The number of amidine groups is 1. The summed E-state index contributed by atoms with van der Waals surface area (Å²) >= 11 is 0. The smallest absolute Gasteiger partial charge is 0.409 e. The molecule has 8 heteroatoms. The number of halogens is 3. The number of alkyl halides is 3. The fourth-order valence-electron chi connectivity index (χ4n) is 0.897. The Bertz CT molecular complexity index is 220. The van der Waals surface area contributed by atoms with Gasteiger partial charge in [0, 0.05) is 6.54 Å². The Morgan fingerprint density at radius 1 is 1.53 bits per heavy atom. The number of hydrogen-bond acceptors (Lipinski definition) is 4. The van der Waals surface area contributed by atoms with Crippen LogP contribution in [0.2, 0.25) is 0 Å². The van der Waals surface area contributed by atoms with Crippen molar-refractivity contribution in [2.45, 2.75) is 31.7 Å². The van der Waals surface area contributed by atoms with E-state index in [9.17, 15) is 13.2 Å². The maximum absolute atomic E-state index is 11.9. The van der Waals surface area contributed by atoms with Crippen LogP contribution in [0.5, 0.6) is 0 Å². The molecule has 5 N–H and O–H groups in total. The topological polar surface area (TPSA) is 90.9 Å². The van der Waals surface area contributed by atoms with E-state index in [0.717, 1.165) is 0 Å². The summed E-state index contributed by atoms with van der Waals surface area (Å²) in [5.41, 5.74) is 5.20. The van der Waals surface area contributed by atoms with E-state index in [-0.39, 0.29) is 5.84 Å². The summed E-state index contributed by atoms with van der Waals surface area (Å²) in [6, 6.07) is -0.688. The molecular weight excluding hydrogens is 215 g/mol. The van der Waals surface area contributed by atoms with Gasteiger partial charge in [0.25, 0.3) is 0 Å². The Kier molecular flexibility index (Phi) is 5.37. The van der Waals surface area contributed by atoms with Crippen molar-refractivity contribution in [3.05, 3.63) is 0 Å². The van der Waals surface area contributed by atoms with Crippen molar-refractivity contribution in [2.75, 3.05) is 6.54 Å². The molecule has 0 aliphatic rings. The first kappa shape index (κ1) is 14.0. The molecule has 0 aromatic heterocycles. The molecule has 0 fully saturated rings. The molecule has 0 bridgehead atoms. The van der Waals surface area contributed by atoms with Gasteiger partial charge in [0.15, 0.2) is 11.9 Å². The zero-order valence-electron chi connectivity index (χ0n) is 8.12. The molecule has 90 valence electrons. The van der Waals surface area contributed by atoms with E-state index in [1.807, 2.05) is 0 Å². The van der Waals surface area contributed by atoms with Crippen molar-refractivity contribution in [2.24, 2.45) is 10.9 Å². The molecule has 0 radical (unpaired) electrons. The minimum Gasteiger partial charge on any atom is -0.409 e. The molecule has 2 atom stereocenters. The van der Waals surface area contributed by atoms with Crippen molar-refractivity contribution < 1.29 is 23.5 Å². The number of rotatable bonds is 5. The van der Waals surface area contributed by atoms with Gasteiger partial charge in [0.2, 0.25) is 0 Å². The largest absolute Gasteiger partial charge is 0.415 e. The summed E-state index contributed by atoms with van der Waals surface area (Å²) < 4.78 is 35.7. The lowest BCUT2D eigenvalue weighted by molar-refractivity contribution is -0.202. The second-order valence-corrected chi connectivity index (χ2v) is 2.95. The summed E-state index contributed by atoms with van der Waals surface area (Å²) in [7, 11) is 0. The molecule has 0 aromatic carbocycles. The summed E-state index contributed by atoms with van der Waals surface area (Å²) in [6.07, 6.45) is -6.78. The number of nitrogens with one attached hydrogen (secondary N) is 1. The average molecular weight is 229 g/mol. The highest BCUT2D eigenvalue weighted by Crippen LogP contribution is 2.19. The lowest BCUT2D eigenvalue weighted by atomic mass is 10.2. The van der Waals surface area contributed by atoms with E-state index in [4.69, 9.17) is 16.0 Å². The van der Waals surface area contributed by atoms with Crippen LogP contribution in [0, 0.1) is 0 Å². The van der Waals surface area contributed by atoms with Crippen LogP contribution in [0.3, 0.4) is 0 Å². The lowest BCUT2D eigenvalue weighted by Gasteiger charge is -2.19. The molecule has 5 nitrogen and oxygen atoms in total. The van der Waals surface area contributed by atoms with Crippen molar-refractivity contribution in [3.63, 3.8) is 0 Å². The zero-order valence-corrected chi connectivity index (χ0v) is 8.12. The quantitative estimate of drug-likeness (QED) is 0.231. The van der Waals surface area contributed by atoms with Gasteiger partial charge >= 0.3 is 6.18 Å². The molecule has 0 aliphatic heterocycles. The summed E-state index contributed by atoms with van der Waals surface area (Å²) in [6.45, 7) is 0.952. The first-order valence-electron chi connectivity index (χ1n) is 4.28. The van der Waals surface area contributed by atoms with Crippen molar-refractivity contribution >= 4 is 5.84 Å². The fourth-order valence-corrected chi connectivity index (χ4v) is 0.897.